The van der Waals surface area contributed by atoms with E-state index in [1.165, 1.54) is 6.42 Å². The van der Waals surface area contributed by atoms with Gasteiger partial charge in [0.15, 0.2) is 0 Å². The average molecular weight is 299 g/mol. The first-order valence-electron chi connectivity index (χ1n) is 7.98. The fourth-order valence-electron chi connectivity index (χ4n) is 2.58. The Morgan fingerprint density at radius 1 is 1.14 bits per heavy atom. The van der Waals surface area contributed by atoms with Crippen LogP contribution in [0.2, 0.25) is 0 Å². The number of esters is 1. The standard InChI is InChI=1S/C16H29NO4/c1-5-20-14(18)11-12-17(13-9-7-6-8-10-13)15(19)21-16(2,3)4/h13H,5-12H2,1-4H3. The number of carbonyl (C=O) groups is 2. The molecule has 0 bridgehead atoms. The fraction of sp³-hybridized carbons (Fsp3) is 0.875. The van der Waals surface area contributed by atoms with Crippen molar-refractivity contribution >= 4 is 12.1 Å². The third kappa shape index (κ3) is 6.82. The molecule has 1 amide bonds. The fourth-order valence-corrected chi connectivity index (χ4v) is 2.58. The van der Waals surface area contributed by atoms with Gasteiger partial charge in [-0.25, -0.2) is 4.79 Å². The van der Waals surface area contributed by atoms with Crippen LogP contribution in [-0.2, 0) is 14.3 Å². The molecule has 1 saturated carbocycles. The number of nitrogens with zero attached hydrogens (tertiary/aromatic N) is 1. The third-order valence-electron chi connectivity index (χ3n) is 3.51. The first-order valence-corrected chi connectivity index (χ1v) is 7.98. The zero-order valence-electron chi connectivity index (χ0n) is 13.8. The molecule has 0 aromatic heterocycles. The van der Waals surface area contributed by atoms with E-state index in [0.717, 1.165) is 25.7 Å². The van der Waals surface area contributed by atoms with Crippen LogP contribution in [0.5, 0.6) is 0 Å². The maximum atomic E-state index is 12.4. The molecule has 0 aliphatic heterocycles. The molecule has 0 aromatic rings. The topological polar surface area (TPSA) is 55.8 Å². The molecular formula is C16H29NO4. The number of rotatable bonds is 5. The van der Waals surface area contributed by atoms with Crippen LogP contribution >= 0.6 is 0 Å². The van der Waals surface area contributed by atoms with Gasteiger partial charge in [-0.2, -0.15) is 0 Å². The van der Waals surface area contributed by atoms with E-state index in [9.17, 15) is 9.59 Å². The summed E-state index contributed by atoms with van der Waals surface area (Å²) in [5, 5.41) is 0. The number of amides is 1. The number of carbonyl (C=O) groups excluding carboxylic acids is 2. The third-order valence-corrected chi connectivity index (χ3v) is 3.51. The summed E-state index contributed by atoms with van der Waals surface area (Å²) in [5.41, 5.74) is -0.520. The zero-order valence-corrected chi connectivity index (χ0v) is 13.8. The van der Waals surface area contributed by atoms with E-state index in [-0.39, 0.29) is 24.5 Å². The summed E-state index contributed by atoms with van der Waals surface area (Å²) < 4.78 is 10.4. The quantitative estimate of drug-likeness (QED) is 0.729. The molecule has 1 rings (SSSR count). The second-order valence-corrected chi connectivity index (χ2v) is 6.52. The van der Waals surface area contributed by atoms with E-state index in [4.69, 9.17) is 9.47 Å². The lowest BCUT2D eigenvalue weighted by Gasteiger charge is -2.35. The van der Waals surface area contributed by atoms with Crippen molar-refractivity contribution in [3.8, 4) is 0 Å². The Hall–Kier alpha value is -1.26. The van der Waals surface area contributed by atoms with Crippen LogP contribution in [0.3, 0.4) is 0 Å². The van der Waals surface area contributed by atoms with Gasteiger partial charge in [0.05, 0.1) is 13.0 Å². The summed E-state index contributed by atoms with van der Waals surface area (Å²) >= 11 is 0. The molecule has 0 spiro atoms. The van der Waals surface area contributed by atoms with Crippen LogP contribution in [0.1, 0.15) is 66.2 Å². The van der Waals surface area contributed by atoms with Crippen molar-refractivity contribution < 1.29 is 19.1 Å². The Balaban J connectivity index is 2.64. The molecule has 122 valence electrons. The molecule has 1 fully saturated rings. The summed E-state index contributed by atoms with van der Waals surface area (Å²) in [6.07, 6.45) is 5.36. The number of hydrogen-bond donors (Lipinski definition) is 0. The lowest BCUT2D eigenvalue weighted by Crippen LogP contribution is -2.45. The van der Waals surface area contributed by atoms with Crippen LogP contribution in [0.15, 0.2) is 0 Å². The number of ether oxygens (including phenoxy) is 2. The largest absolute Gasteiger partial charge is 0.466 e. The predicted octanol–water partition coefficient (Wildman–Crippen LogP) is 3.51. The lowest BCUT2D eigenvalue weighted by atomic mass is 9.94. The number of hydrogen-bond acceptors (Lipinski definition) is 4. The van der Waals surface area contributed by atoms with E-state index < -0.39 is 5.60 Å². The molecule has 0 atom stereocenters. The minimum absolute atomic E-state index is 0.183. The molecule has 0 heterocycles. The van der Waals surface area contributed by atoms with Gasteiger partial charge in [0.1, 0.15) is 5.60 Å². The molecule has 5 nitrogen and oxygen atoms in total. The Morgan fingerprint density at radius 3 is 2.29 bits per heavy atom. The van der Waals surface area contributed by atoms with Gasteiger partial charge in [-0.3, -0.25) is 4.79 Å². The van der Waals surface area contributed by atoms with Gasteiger partial charge in [-0.1, -0.05) is 19.3 Å². The highest BCUT2D eigenvalue weighted by Crippen LogP contribution is 2.24. The summed E-state index contributed by atoms with van der Waals surface area (Å²) in [4.78, 5) is 25.6. The predicted molar refractivity (Wildman–Crippen MR) is 81.1 cm³/mol. The molecule has 0 radical (unpaired) electrons. The van der Waals surface area contributed by atoms with Gasteiger partial charge in [-0.05, 0) is 40.5 Å². The highest BCUT2D eigenvalue weighted by molar-refractivity contribution is 5.72. The average Bonchev–Trinajstić information content (AvgIpc) is 2.38. The van der Waals surface area contributed by atoms with Gasteiger partial charge in [0.25, 0.3) is 0 Å². The van der Waals surface area contributed by atoms with E-state index in [0.29, 0.717) is 13.2 Å². The molecule has 5 heteroatoms. The van der Waals surface area contributed by atoms with Crippen LogP contribution in [0, 0.1) is 0 Å². The van der Waals surface area contributed by atoms with E-state index in [1.54, 1.807) is 11.8 Å². The normalized spacial score (nSPS) is 16.4. The van der Waals surface area contributed by atoms with Crippen LogP contribution in [0.25, 0.3) is 0 Å². The van der Waals surface area contributed by atoms with E-state index >= 15 is 0 Å². The van der Waals surface area contributed by atoms with Gasteiger partial charge in [0, 0.05) is 12.6 Å². The highest BCUT2D eigenvalue weighted by atomic mass is 16.6. The van der Waals surface area contributed by atoms with Gasteiger partial charge in [0.2, 0.25) is 0 Å². The Bertz CT molecular complexity index is 343. The SMILES string of the molecule is CCOC(=O)CCN(C(=O)OC(C)(C)C)C1CCCCC1. The summed E-state index contributed by atoms with van der Waals surface area (Å²) in [6.45, 7) is 8.09. The minimum atomic E-state index is -0.520. The minimum Gasteiger partial charge on any atom is -0.466 e. The van der Waals surface area contributed by atoms with Crippen molar-refractivity contribution in [2.45, 2.75) is 77.9 Å². The second kappa shape index (κ2) is 8.25. The summed E-state index contributed by atoms with van der Waals surface area (Å²) in [5.74, 6) is -0.262. The molecule has 1 aliphatic carbocycles. The van der Waals surface area contributed by atoms with Gasteiger partial charge < -0.3 is 14.4 Å². The van der Waals surface area contributed by atoms with Crippen molar-refractivity contribution in [3.63, 3.8) is 0 Å². The Labute approximate surface area is 128 Å². The van der Waals surface area contributed by atoms with Crippen LogP contribution in [-0.4, -0.2) is 41.8 Å². The zero-order chi connectivity index (χ0) is 15.9. The molecule has 0 unspecified atom stereocenters. The smallest absolute Gasteiger partial charge is 0.410 e. The maximum Gasteiger partial charge on any atom is 0.410 e. The molecule has 0 aromatic carbocycles. The first kappa shape index (κ1) is 17.8. The first-order chi connectivity index (χ1) is 9.83. The summed E-state index contributed by atoms with van der Waals surface area (Å²) in [6, 6.07) is 0.183. The van der Waals surface area contributed by atoms with Crippen molar-refractivity contribution in [3.05, 3.63) is 0 Å². The molecule has 0 saturated heterocycles. The van der Waals surface area contributed by atoms with Crippen molar-refractivity contribution in [2.24, 2.45) is 0 Å². The van der Waals surface area contributed by atoms with Crippen LogP contribution < -0.4 is 0 Å². The van der Waals surface area contributed by atoms with Crippen molar-refractivity contribution in [1.29, 1.82) is 0 Å². The second-order valence-electron chi connectivity index (χ2n) is 6.52. The van der Waals surface area contributed by atoms with Gasteiger partial charge in [-0.15, -0.1) is 0 Å². The molecule has 21 heavy (non-hydrogen) atoms. The Morgan fingerprint density at radius 2 is 1.76 bits per heavy atom. The molecular weight excluding hydrogens is 270 g/mol. The Kier molecular flexibility index (Phi) is 6.99. The monoisotopic (exact) mass is 299 g/mol. The maximum absolute atomic E-state index is 12.4. The van der Waals surface area contributed by atoms with Crippen molar-refractivity contribution in [1.82, 2.24) is 4.90 Å². The lowest BCUT2D eigenvalue weighted by molar-refractivity contribution is -0.143. The van der Waals surface area contributed by atoms with E-state index in [2.05, 4.69) is 0 Å². The molecule has 0 N–H and O–H groups in total. The summed E-state index contributed by atoms with van der Waals surface area (Å²) in [7, 11) is 0. The van der Waals surface area contributed by atoms with Gasteiger partial charge >= 0.3 is 12.1 Å². The highest BCUT2D eigenvalue weighted by Gasteiger charge is 2.29. The molecule has 1 aliphatic rings. The van der Waals surface area contributed by atoms with Crippen molar-refractivity contribution in [2.75, 3.05) is 13.2 Å². The van der Waals surface area contributed by atoms with Crippen LogP contribution in [0.4, 0.5) is 4.79 Å². The van der Waals surface area contributed by atoms with E-state index in [1.807, 2.05) is 20.8 Å².